The lowest BCUT2D eigenvalue weighted by Crippen LogP contribution is -2.06. The summed E-state index contributed by atoms with van der Waals surface area (Å²) in [5.74, 6) is -0.500. The van der Waals surface area contributed by atoms with Crippen LogP contribution in [0.1, 0.15) is 13.3 Å². The van der Waals surface area contributed by atoms with Gasteiger partial charge in [0.1, 0.15) is 6.17 Å². The topological polar surface area (TPSA) is 26.3 Å². The second kappa shape index (κ2) is 3.41. The lowest BCUT2D eigenvalue weighted by atomic mass is 10.3. The minimum atomic E-state index is -1.09. The predicted molar refractivity (Wildman–Crippen MR) is 27.2 cm³/mol. The number of hydrogen-bond acceptors (Lipinski definition) is 2. The maximum absolute atomic E-state index is 11.8. The number of methoxy groups -OCH3 is 1. The Bertz CT molecular complexity index is 80.5. The monoisotopic (exact) mass is 120 g/mol. The summed E-state index contributed by atoms with van der Waals surface area (Å²) in [7, 11) is 1.24. The van der Waals surface area contributed by atoms with Gasteiger partial charge in [0.05, 0.1) is 13.5 Å². The van der Waals surface area contributed by atoms with Crippen LogP contribution < -0.4 is 0 Å². The first-order chi connectivity index (χ1) is 3.66. The van der Waals surface area contributed by atoms with Gasteiger partial charge in [-0.05, 0) is 6.92 Å². The van der Waals surface area contributed by atoms with Gasteiger partial charge in [0.15, 0.2) is 0 Å². The summed E-state index contributed by atoms with van der Waals surface area (Å²) < 4.78 is 16.0. The molecule has 3 heteroatoms. The molecule has 0 heterocycles. The van der Waals surface area contributed by atoms with Crippen molar-refractivity contribution in [1.29, 1.82) is 0 Å². The maximum atomic E-state index is 11.8. The molecular formula is C5H9FO2. The van der Waals surface area contributed by atoms with Crippen molar-refractivity contribution in [2.75, 3.05) is 7.11 Å². The Hall–Kier alpha value is -0.600. The predicted octanol–water partition coefficient (Wildman–Crippen LogP) is 0.907. The number of hydrogen-bond donors (Lipinski definition) is 0. The molecule has 0 unspecified atom stereocenters. The van der Waals surface area contributed by atoms with Crippen molar-refractivity contribution in [2.24, 2.45) is 0 Å². The summed E-state index contributed by atoms with van der Waals surface area (Å²) in [5.41, 5.74) is 0. The second-order valence-electron chi connectivity index (χ2n) is 1.56. The molecule has 1 atom stereocenters. The van der Waals surface area contributed by atoms with E-state index < -0.39 is 12.1 Å². The zero-order chi connectivity index (χ0) is 6.57. The smallest absolute Gasteiger partial charge is 0.308 e. The van der Waals surface area contributed by atoms with Crippen LogP contribution in [0.5, 0.6) is 0 Å². The number of alkyl halides is 1. The van der Waals surface area contributed by atoms with Gasteiger partial charge in [-0.1, -0.05) is 0 Å². The first-order valence-electron chi connectivity index (χ1n) is 2.37. The Balaban J connectivity index is 3.25. The Morgan fingerprint density at radius 2 is 2.38 bits per heavy atom. The average Bonchev–Trinajstić information content (AvgIpc) is 1.65. The molecule has 0 rings (SSSR count). The number of rotatable bonds is 2. The van der Waals surface area contributed by atoms with E-state index in [2.05, 4.69) is 4.74 Å². The number of carbonyl (C=O) groups excluding carboxylic acids is 1. The Morgan fingerprint density at radius 3 is 2.50 bits per heavy atom. The van der Waals surface area contributed by atoms with E-state index in [-0.39, 0.29) is 6.42 Å². The first kappa shape index (κ1) is 7.40. The van der Waals surface area contributed by atoms with Crippen molar-refractivity contribution in [2.45, 2.75) is 19.5 Å². The molecule has 0 saturated heterocycles. The minimum absolute atomic E-state index is 0.142. The summed E-state index contributed by atoms with van der Waals surface area (Å²) in [6.07, 6.45) is -1.24. The van der Waals surface area contributed by atoms with Crippen LogP contribution in [-0.2, 0) is 9.53 Å². The second-order valence-corrected chi connectivity index (χ2v) is 1.56. The SMILES string of the molecule is COC(=O)C[C@@H](C)F. The van der Waals surface area contributed by atoms with E-state index in [1.165, 1.54) is 14.0 Å². The van der Waals surface area contributed by atoms with Crippen LogP contribution in [0.25, 0.3) is 0 Å². The highest BCUT2D eigenvalue weighted by atomic mass is 19.1. The zero-order valence-corrected chi connectivity index (χ0v) is 4.98. The lowest BCUT2D eigenvalue weighted by Gasteiger charge is -1.96. The molecule has 0 aliphatic rings. The molecule has 0 radical (unpaired) electrons. The van der Waals surface area contributed by atoms with Crippen molar-refractivity contribution in [3.63, 3.8) is 0 Å². The molecule has 0 N–H and O–H groups in total. The standard InChI is InChI=1S/C5H9FO2/c1-4(6)3-5(7)8-2/h4H,3H2,1-2H3/t4-/m1/s1. The molecule has 8 heavy (non-hydrogen) atoms. The van der Waals surface area contributed by atoms with E-state index in [4.69, 9.17) is 0 Å². The lowest BCUT2D eigenvalue weighted by molar-refractivity contribution is -0.141. The first-order valence-corrected chi connectivity index (χ1v) is 2.37. The van der Waals surface area contributed by atoms with Crippen LogP contribution in [0.2, 0.25) is 0 Å². The van der Waals surface area contributed by atoms with Crippen LogP contribution in [-0.4, -0.2) is 19.3 Å². The van der Waals surface area contributed by atoms with Crippen LogP contribution in [0, 0.1) is 0 Å². The van der Waals surface area contributed by atoms with Crippen LogP contribution >= 0.6 is 0 Å². The Kier molecular flexibility index (Phi) is 3.15. The summed E-state index contributed by atoms with van der Waals surface area (Å²) in [6.45, 7) is 1.32. The van der Waals surface area contributed by atoms with E-state index in [1.54, 1.807) is 0 Å². The number of esters is 1. The average molecular weight is 120 g/mol. The van der Waals surface area contributed by atoms with Gasteiger partial charge < -0.3 is 4.74 Å². The molecule has 0 aliphatic heterocycles. The van der Waals surface area contributed by atoms with Gasteiger partial charge in [0, 0.05) is 0 Å². The highest BCUT2D eigenvalue weighted by molar-refractivity contribution is 5.69. The van der Waals surface area contributed by atoms with E-state index in [0.717, 1.165) is 0 Å². The fraction of sp³-hybridized carbons (Fsp3) is 0.800. The third-order valence-electron chi connectivity index (χ3n) is 0.676. The Morgan fingerprint density at radius 1 is 1.88 bits per heavy atom. The van der Waals surface area contributed by atoms with Gasteiger partial charge in [0.25, 0.3) is 0 Å². The van der Waals surface area contributed by atoms with Gasteiger partial charge in [-0.2, -0.15) is 0 Å². The molecule has 0 fully saturated rings. The number of halogens is 1. The quantitative estimate of drug-likeness (QED) is 0.506. The summed E-state index contributed by atoms with van der Waals surface area (Å²) >= 11 is 0. The molecule has 0 amide bonds. The van der Waals surface area contributed by atoms with Crippen molar-refractivity contribution >= 4 is 5.97 Å². The number of ether oxygens (including phenoxy) is 1. The van der Waals surface area contributed by atoms with Gasteiger partial charge in [-0.15, -0.1) is 0 Å². The van der Waals surface area contributed by atoms with Crippen LogP contribution in [0.15, 0.2) is 0 Å². The third-order valence-corrected chi connectivity index (χ3v) is 0.676. The van der Waals surface area contributed by atoms with Gasteiger partial charge in [-0.3, -0.25) is 4.79 Å². The largest absolute Gasteiger partial charge is 0.469 e. The van der Waals surface area contributed by atoms with Crippen molar-refractivity contribution in [3.05, 3.63) is 0 Å². The summed E-state index contributed by atoms with van der Waals surface area (Å²) in [5, 5.41) is 0. The van der Waals surface area contributed by atoms with E-state index in [9.17, 15) is 9.18 Å². The van der Waals surface area contributed by atoms with Crippen molar-refractivity contribution < 1.29 is 13.9 Å². The van der Waals surface area contributed by atoms with Gasteiger partial charge in [0.2, 0.25) is 0 Å². The molecular weight excluding hydrogens is 111 g/mol. The molecule has 0 spiro atoms. The summed E-state index contributed by atoms with van der Waals surface area (Å²) in [6, 6.07) is 0. The molecule has 0 aliphatic carbocycles. The maximum Gasteiger partial charge on any atom is 0.308 e. The van der Waals surface area contributed by atoms with Gasteiger partial charge in [-0.25, -0.2) is 4.39 Å². The molecule has 0 aromatic heterocycles. The van der Waals surface area contributed by atoms with E-state index >= 15 is 0 Å². The minimum Gasteiger partial charge on any atom is -0.469 e. The van der Waals surface area contributed by atoms with Crippen LogP contribution in [0.4, 0.5) is 4.39 Å². The van der Waals surface area contributed by atoms with Crippen molar-refractivity contribution in [1.82, 2.24) is 0 Å². The van der Waals surface area contributed by atoms with E-state index in [1.807, 2.05) is 0 Å². The molecule has 0 aromatic rings. The fourth-order valence-corrected chi connectivity index (χ4v) is 0.313. The van der Waals surface area contributed by atoms with Crippen molar-refractivity contribution in [3.8, 4) is 0 Å². The van der Waals surface area contributed by atoms with Crippen LogP contribution in [0.3, 0.4) is 0 Å². The molecule has 2 nitrogen and oxygen atoms in total. The molecule has 0 saturated carbocycles. The highest BCUT2D eigenvalue weighted by Gasteiger charge is 2.05. The highest BCUT2D eigenvalue weighted by Crippen LogP contribution is 1.95. The molecule has 0 aromatic carbocycles. The molecule has 48 valence electrons. The Labute approximate surface area is 47.6 Å². The van der Waals surface area contributed by atoms with Gasteiger partial charge >= 0.3 is 5.97 Å². The fourth-order valence-electron chi connectivity index (χ4n) is 0.313. The zero-order valence-electron chi connectivity index (χ0n) is 4.98. The molecule has 0 bridgehead atoms. The normalized spacial score (nSPS) is 12.9. The van der Waals surface area contributed by atoms with E-state index in [0.29, 0.717) is 0 Å². The summed E-state index contributed by atoms with van der Waals surface area (Å²) in [4.78, 5) is 10.2. The third kappa shape index (κ3) is 3.59. The number of carbonyl (C=O) groups is 1.